The van der Waals surface area contributed by atoms with Crippen molar-refractivity contribution >= 4 is 11.9 Å². The molecule has 0 spiro atoms. The second kappa shape index (κ2) is 25.9. The smallest absolute Gasteiger partial charge is 0.315 e. The summed E-state index contributed by atoms with van der Waals surface area (Å²) in [6, 6.07) is 0. The van der Waals surface area contributed by atoms with Gasteiger partial charge in [0.05, 0.1) is 49.5 Å². The Balaban J connectivity index is 0.923. The first-order valence-corrected chi connectivity index (χ1v) is 31.5. The molecule has 4 saturated carbocycles. The predicted molar refractivity (Wildman–Crippen MR) is 297 cm³/mol. The number of carbonyl (C=O) groups is 2. The summed E-state index contributed by atoms with van der Waals surface area (Å²) >= 11 is 0. The van der Waals surface area contributed by atoms with Gasteiger partial charge < -0.3 is 139 Å². The molecule has 30 heteroatoms. The molecule has 5 heterocycles. The number of fused-ring (bicyclic) bond motifs is 7. The summed E-state index contributed by atoms with van der Waals surface area (Å²) in [6.45, 7) is 9.80. The number of esters is 1. The Kier molecular flexibility index (Phi) is 20.3. The molecule has 0 aromatic heterocycles. The van der Waals surface area contributed by atoms with Crippen LogP contribution in [0.4, 0.5) is 0 Å². The van der Waals surface area contributed by atoms with E-state index in [2.05, 4.69) is 33.8 Å². The van der Waals surface area contributed by atoms with Crippen molar-refractivity contribution in [2.75, 3.05) is 26.4 Å². The van der Waals surface area contributed by atoms with Crippen molar-refractivity contribution < 1.29 is 149 Å². The molecule has 0 bridgehead atoms. The van der Waals surface area contributed by atoms with Gasteiger partial charge in [-0.2, -0.15) is 0 Å². The topological polar surface area (TPSA) is 491 Å². The van der Waals surface area contributed by atoms with Gasteiger partial charge in [0.25, 0.3) is 0 Å². The zero-order valence-electron chi connectivity index (χ0n) is 51.5. The van der Waals surface area contributed by atoms with Crippen molar-refractivity contribution in [3.8, 4) is 0 Å². The first kappa shape index (κ1) is 70.4. The van der Waals surface area contributed by atoms with Gasteiger partial charge >= 0.3 is 11.9 Å². The van der Waals surface area contributed by atoms with Gasteiger partial charge in [0.1, 0.15) is 122 Å². The normalized spacial score (nSPS) is 54.5. The minimum atomic E-state index is -2.15. The Morgan fingerprint density at radius 2 is 0.978 bits per heavy atom. The van der Waals surface area contributed by atoms with Crippen LogP contribution in [-0.4, -0.2) is 296 Å². The first-order chi connectivity index (χ1) is 42.1. The number of allylic oxidation sites excluding steroid dienone is 2. The monoisotopic (exact) mass is 1300 g/mol. The van der Waals surface area contributed by atoms with Crippen LogP contribution in [0.1, 0.15) is 106 Å². The van der Waals surface area contributed by atoms with E-state index in [0.717, 1.165) is 5.57 Å². The summed E-state index contributed by atoms with van der Waals surface area (Å²) in [4.78, 5) is 29.2. The van der Waals surface area contributed by atoms with Gasteiger partial charge in [0.15, 0.2) is 25.2 Å². The first-order valence-electron chi connectivity index (χ1n) is 31.5. The molecule has 0 aromatic rings. The average molecular weight is 1300 g/mol. The number of rotatable bonds is 15. The third-order valence-corrected chi connectivity index (χ3v) is 23.6. The van der Waals surface area contributed by atoms with Crippen LogP contribution in [0, 0.1) is 50.2 Å². The molecule has 35 atom stereocenters. The molecular weight excluding hydrogens is 1200 g/mol. The summed E-state index contributed by atoms with van der Waals surface area (Å²) < 4.78 is 59.5. The van der Waals surface area contributed by atoms with Crippen molar-refractivity contribution in [1.29, 1.82) is 0 Å². The van der Waals surface area contributed by atoms with Crippen LogP contribution in [0.25, 0.3) is 0 Å². The summed E-state index contributed by atoms with van der Waals surface area (Å²) in [5.41, 5.74) is -4.41. The maximum absolute atomic E-state index is 14.9. The van der Waals surface area contributed by atoms with Crippen molar-refractivity contribution in [1.82, 2.24) is 0 Å². The van der Waals surface area contributed by atoms with Gasteiger partial charge in [-0.15, -0.1) is 0 Å². The number of aliphatic hydroxyl groups excluding tert-OH is 17. The molecular formula is C60H96O30. The van der Waals surface area contributed by atoms with Crippen LogP contribution < -0.4 is 0 Å². The highest BCUT2D eigenvalue weighted by Gasteiger charge is 2.73. The van der Waals surface area contributed by atoms with E-state index in [4.69, 9.17) is 47.4 Å². The summed E-state index contributed by atoms with van der Waals surface area (Å²) in [5.74, 6) is -3.42. The Bertz CT molecular complexity index is 2560. The van der Waals surface area contributed by atoms with Crippen LogP contribution in [-0.2, 0) is 57.0 Å². The van der Waals surface area contributed by atoms with Crippen LogP contribution in [0.2, 0.25) is 0 Å². The molecule has 18 N–H and O–H groups in total. The molecule has 90 heavy (non-hydrogen) atoms. The van der Waals surface area contributed by atoms with Gasteiger partial charge in [-0.3, -0.25) is 9.59 Å². The molecule has 9 fully saturated rings. The lowest BCUT2D eigenvalue weighted by Crippen LogP contribution is -2.71. The van der Waals surface area contributed by atoms with E-state index in [1.165, 1.54) is 13.8 Å². The summed E-state index contributed by atoms with van der Waals surface area (Å²) in [5, 5.41) is 198. The maximum atomic E-state index is 14.9. The molecule has 5 saturated heterocycles. The molecule has 5 aliphatic heterocycles. The van der Waals surface area contributed by atoms with Gasteiger partial charge in [-0.25, -0.2) is 0 Å². The van der Waals surface area contributed by atoms with E-state index in [1.54, 1.807) is 0 Å². The quantitative estimate of drug-likeness (QED) is 0.0414. The van der Waals surface area contributed by atoms with Crippen molar-refractivity contribution in [3.05, 3.63) is 11.6 Å². The van der Waals surface area contributed by atoms with E-state index >= 15 is 0 Å². The Morgan fingerprint density at radius 3 is 1.56 bits per heavy atom. The zero-order chi connectivity index (χ0) is 66.0. The lowest BCUT2D eigenvalue weighted by atomic mass is 9.33. The van der Waals surface area contributed by atoms with E-state index in [-0.39, 0.29) is 30.1 Å². The number of carboxylic acids is 1. The van der Waals surface area contributed by atoms with Crippen LogP contribution >= 0.6 is 0 Å². The van der Waals surface area contributed by atoms with Gasteiger partial charge in [0.2, 0.25) is 6.29 Å². The third-order valence-electron chi connectivity index (χ3n) is 23.6. The fourth-order valence-electron chi connectivity index (χ4n) is 18.0. The molecule has 10 rings (SSSR count). The summed E-state index contributed by atoms with van der Waals surface area (Å²) in [6.07, 6.45) is -43.5. The summed E-state index contributed by atoms with van der Waals surface area (Å²) in [7, 11) is 0. The zero-order valence-corrected chi connectivity index (χ0v) is 51.5. The van der Waals surface area contributed by atoms with Gasteiger partial charge in [-0.1, -0.05) is 46.3 Å². The van der Waals surface area contributed by atoms with Crippen LogP contribution in [0.15, 0.2) is 11.6 Å². The minimum Gasteiger partial charge on any atom is -0.481 e. The Morgan fingerprint density at radius 1 is 0.500 bits per heavy atom. The van der Waals surface area contributed by atoms with Crippen LogP contribution in [0.3, 0.4) is 0 Å². The lowest BCUT2D eigenvalue weighted by molar-refractivity contribution is -0.405. The van der Waals surface area contributed by atoms with Crippen molar-refractivity contribution in [2.24, 2.45) is 50.2 Å². The Labute approximate surface area is 519 Å². The predicted octanol–water partition coefficient (Wildman–Crippen LogP) is -5.15. The minimum absolute atomic E-state index is 0.0430. The van der Waals surface area contributed by atoms with E-state index in [9.17, 15) is 102 Å². The molecule has 5 aliphatic carbocycles. The third kappa shape index (κ3) is 11.4. The number of ether oxygens (including phenoxy) is 10. The van der Waals surface area contributed by atoms with E-state index in [0.29, 0.717) is 44.9 Å². The van der Waals surface area contributed by atoms with Crippen LogP contribution in [0.5, 0.6) is 0 Å². The highest BCUT2D eigenvalue weighted by Crippen LogP contribution is 2.76. The maximum Gasteiger partial charge on any atom is 0.315 e. The second-order valence-electron chi connectivity index (χ2n) is 29.0. The fraction of sp³-hybridized carbons (Fsp3) is 0.933. The number of carboxylic acid groups (broad SMARTS) is 1. The Hall–Kier alpha value is -2.36. The molecule has 0 amide bonds. The number of hydrogen-bond acceptors (Lipinski definition) is 29. The standard InChI is InChI=1S/C60H96O30/c1-22-32(66)37(71)41(75)48(81-22)86-44-36(70)29(21-64)83-50(43(44)77)87-45-39(73)34(68)27(19-62)84-51(45)88-46-40(74)35(69)28(20-63)85-52(46)89-47-25(65)17-56(4)30-9-8-23-24-16-55(2,3)12-14-60(24,54(80)90-49-42(76)38(72)33(67)26(18-61)82-49)15-13-57(23,5)58(30,6)11-10-31(56)59(47,7)53(78)79/h8,22,24-52,61-77H,9-21H2,1-7H3,(H,78,79). The molecule has 35 unspecified atom stereocenters. The van der Waals surface area contributed by atoms with Gasteiger partial charge in [-0.05, 0) is 111 Å². The molecule has 10 aliphatic rings. The highest BCUT2D eigenvalue weighted by atomic mass is 16.8. The number of aliphatic hydroxyl groups is 17. The molecule has 30 nitrogen and oxygen atoms in total. The molecule has 0 radical (unpaired) electrons. The van der Waals surface area contributed by atoms with E-state index in [1.807, 2.05) is 6.92 Å². The number of aliphatic carboxylic acids is 1. The van der Waals surface area contributed by atoms with Crippen molar-refractivity contribution in [2.45, 2.75) is 272 Å². The molecule has 0 aromatic carbocycles. The lowest BCUT2D eigenvalue weighted by Gasteiger charge is -2.71. The van der Waals surface area contributed by atoms with Gasteiger partial charge in [0, 0.05) is 0 Å². The number of hydrogen-bond donors (Lipinski definition) is 18. The molecule has 516 valence electrons. The number of carbonyl (C=O) groups excluding carboxylic acids is 1. The van der Waals surface area contributed by atoms with Crippen molar-refractivity contribution in [3.63, 3.8) is 0 Å². The van der Waals surface area contributed by atoms with E-state index < -0.39 is 237 Å². The largest absolute Gasteiger partial charge is 0.481 e. The fourth-order valence-corrected chi connectivity index (χ4v) is 18.0. The average Bonchev–Trinajstić information content (AvgIpc) is 0.674. The second-order valence-corrected chi connectivity index (χ2v) is 29.0. The highest BCUT2D eigenvalue weighted by molar-refractivity contribution is 5.79. The SMILES string of the molecule is CC1OC(OC2C(O)C(CO)OC(OC3C(OC4C(OC5C(O)CC6(C)C(CCC7(C)C6CC=C6C8CC(C)(C)CCC8(C(=O)OC8OC(CO)C(O)C(O)C8O)CCC67C)C5(C)C(=O)O)OC(CO)C(O)C4O)OC(CO)C(O)C3O)C2O)C(O)C(O)C1O.